The summed E-state index contributed by atoms with van der Waals surface area (Å²) < 4.78 is 27.4. The molecule has 1 aromatic rings. The Morgan fingerprint density at radius 1 is 1.25 bits per heavy atom. The molecule has 1 atom stereocenters. The Labute approximate surface area is 119 Å². The molecule has 2 nitrogen and oxygen atoms in total. The summed E-state index contributed by atoms with van der Waals surface area (Å²) >= 11 is 0. The van der Waals surface area contributed by atoms with E-state index in [9.17, 15) is 13.9 Å². The van der Waals surface area contributed by atoms with Gasteiger partial charge in [0.05, 0.1) is 5.54 Å². The highest BCUT2D eigenvalue weighted by atomic mass is 19.2. The summed E-state index contributed by atoms with van der Waals surface area (Å²) in [6, 6.07) is 4.01. The molecule has 0 saturated heterocycles. The zero-order chi connectivity index (χ0) is 14.9. The van der Waals surface area contributed by atoms with Gasteiger partial charge in [0.15, 0.2) is 11.6 Å². The number of rotatable bonds is 3. The molecule has 1 aliphatic rings. The Bertz CT molecular complexity index is 468. The first-order valence-corrected chi connectivity index (χ1v) is 7.18. The van der Waals surface area contributed by atoms with Crippen LogP contribution in [0.3, 0.4) is 0 Å². The summed E-state index contributed by atoms with van der Waals surface area (Å²) in [6.45, 7) is 2.19. The largest absolute Gasteiger partial charge is 0.386 e. The molecule has 1 N–H and O–H groups in total. The van der Waals surface area contributed by atoms with E-state index in [0.29, 0.717) is 5.92 Å². The predicted octanol–water partition coefficient (Wildman–Crippen LogP) is 3.51. The fourth-order valence-electron chi connectivity index (χ4n) is 3.25. The molecule has 0 heterocycles. The highest BCUT2D eigenvalue weighted by molar-refractivity contribution is 5.25. The first kappa shape index (κ1) is 15.4. The number of aliphatic hydroxyl groups is 1. The molecule has 0 spiro atoms. The van der Waals surface area contributed by atoms with Crippen molar-refractivity contribution in [3.8, 4) is 0 Å². The summed E-state index contributed by atoms with van der Waals surface area (Å²) in [5, 5.41) is 10.7. The fourth-order valence-corrected chi connectivity index (χ4v) is 3.25. The van der Waals surface area contributed by atoms with E-state index in [2.05, 4.69) is 6.92 Å². The van der Waals surface area contributed by atoms with Gasteiger partial charge in [0.1, 0.15) is 6.10 Å². The summed E-state index contributed by atoms with van der Waals surface area (Å²) in [5.41, 5.74) is -0.450. The standard InChI is InChI=1S/C16H23F2NO/c1-11-7-9-16(10-8-11,19(2)3)15(20)12-5-4-6-13(17)14(12)18/h4-6,11,15,20H,7-10H2,1-3H3. The van der Waals surface area contributed by atoms with Gasteiger partial charge >= 0.3 is 0 Å². The number of hydrogen-bond donors (Lipinski definition) is 1. The van der Waals surface area contributed by atoms with Gasteiger partial charge in [-0.25, -0.2) is 8.78 Å². The van der Waals surface area contributed by atoms with Crippen molar-refractivity contribution in [3.05, 3.63) is 35.4 Å². The Kier molecular flexibility index (Phi) is 4.45. The van der Waals surface area contributed by atoms with Gasteiger partial charge in [-0.3, -0.25) is 0 Å². The van der Waals surface area contributed by atoms with E-state index in [1.165, 1.54) is 12.1 Å². The molecule has 4 heteroatoms. The Morgan fingerprint density at radius 3 is 2.40 bits per heavy atom. The molecular weight excluding hydrogens is 260 g/mol. The molecular formula is C16H23F2NO. The summed E-state index contributed by atoms with van der Waals surface area (Å²) in [6.07, 6.45) is 2.55. The first-order chi connectivity index (χ1) is 9.38. The minimum absolute atomic E-state index is 0.0632. The zero-order valence-corrected chi connectivity index (χ0v) is 12.4. The van der Waals surface area contributed by atoms with Crippen LogP contribution in [0.2, 0.25) is 0 Å². The van der Waals surface area contributed by atoms with Gasteiger partial charge < -0.3 is 10.0 Å². The molecule has 112 valence electrons. The second-order valence-corrected chi connectivity index (χ2v) is 6.23. The van der Waals surface area contributed by atoms with Crippen LogP contribution in [0.15, 0.2) is 18.2 Å². The third kappa shape index (κ3) is 2.59. The van der Waals surface area contributed by atoms with Gasteiger partial charge in [0, 0.05) is 5.56 Å². The number of halogens is 2. The lowest BCUT2D eigenvalue weighted by atomic mass is 9.71. The van der Waals surface area contributed by atoms with E-state index in [0.717, 1.165) is 31.7 Å². The van der Waals surface area contributed by atoms with Crippen molar-refractivity contribution >= 4 is 0 Å². The third-order valence-electron chi connectivity index (χ3n) is 4.82. The van der Waals surface area contributed by atoms with Gasteiger partial charge in [-0.05, 0) is 51.8 Å². The SMILES string of the molecule is CC1CCC(C(O)c2cccc(F)c2F)(N(C)C)CC1. The average Bonchev–Trinajstić information content (AvgIpc) is 2.42. The van der Waals surface area contributed by atoms with Crippen LogP contribution in [0.1, 0.15) is 44.3 Å². The van der Waals surface area contributed by atoms with E-state index in [-0.39, 0.29) is 5.56 Å². The minimum atomic E-state index is -1.01. The third-order valence-corrected chi connectivity index (χ3v) is 4.82. The summed E-state index contributed by atoms with van der Waals surface area (Å²) in [7, 11) is 3.80. The van der Waals surface area contributed by atoms with Crippen LogP contribution in [-0.2, 0) is 0 Å². The van der Waals surface area contributed by atoms with Crippen LogP contribution >= 0.6 is 0 Å². The molecule has 0 aromatic heterocycles. The van der Waals surface area contributed by atoms with Crippen molar-refractivity contribution in [2.75, 3.05) is 14.1 Å². The zero-order valence-electron chi connectivity index (χ0n) is 12.4. The van der Waals surface area contributed by atoms with Crippen molar-refractivity contribution in [3.63, 3.8) is 0 Å². The quantitative estimate of drug-likeness (QED) is 0.917. The topological polar surface area (TPSA) is 23.5 Å². The fraction of sp³-hybridized carbons (Fsp3) is 0.625. The lowest BCUT2D eigenvalue weighted by Crippen LogP contribution is -2.51. The lowest BCUT2D eigenvalue weighted by Gasteiger charge is -2.47. The van der Waals surface area contributed by atoms with Crippen molar-refractivity contribution in [1.29, 1.82) is 0 Å². The van der Waals surface area contributed by atoms with Crippen LogP contribution < -0.4 is 0 Å². The van der Waals surface area contributed by atoms with Crippen LogP contribution in [-0.4, -0.2) is 29.6 Å². The van der Waals surface area contributed by atoms with E-state index >= 15 is 0 Å². The molecule has 1 fully saturated rings. The molecule has 0 aliphatic heterocycles. The number of aliphatic hydroxyl groups excluding tert-OH is 1. The average molecular weight is 283 g/mol. The summed E-state index contributed by atoms with van der Waals surface area (Å²) in [5.74, 6) is -1.22. The van der Waals surface area contributed by atoms with E-state index in [1.807, 2.05) is 19.0 Å². The molecule has 0 radical (unpaired) electrons. The lowest BCUT2D eigenvalue weighted by molar-refractivity contribution is -0.0426. The smallest absolute Gasteiger partial charge is 0.164 e. The Balaban J connectivity index is 2.37. The van der Waals surface area contributed by atoms with E-state index in [4.69, 9.17) is 0 Å². The number of nitrogens with zero attached hydrogens (tertiary/aromatic N) is 1. The van der Waals surface area contributed by atoms with Crippen molar-refractivity contribution in [1.82, 2.24) is 4.90 Å². The molecule has 2 rings (SSSR count). The molecule has 20 heavy (non-hydrogen) atoms. The number of benzene rings is 1. The van der Waals surface area contributed by atoms with Crippen LogP contribution in [0.4, 0.5) is 8.78 Å². The van der Waals surface area contributed by atoms with E-state index in [1.54, 1.807) is 0 Å². The summed E-state index contributed by atoms with van der Waals surface area (Å²) in [4.78, 5) is 1.97. The van der Waals surface area contributed by atoms with Crippen molar-refractivity contribution < 1.29 is 13.9 Å². The van der Waals surface area contributed by atoms with Crippen LogP contribution in [0, 0.1) is 17.6 Å². The Morgan fingerprint density at radius 2 is 1.85 bits per heavy atom. The van der Waals surface area contributed by atoms with Gasteiger partial charge in [-0.2, -0.15) is 0 Å². The molecule has 0 amide bonds. The predicted molar refractivity (Wildman–Crippen MR) is 75.4 cm³/mol. The molecule has 1 aromatic carbocycles. The van der Waals surface area contributed by atoms with E-state index < -0.39 is 23.3 Å². The highest BCUT2D eigenvalue weighted by Crippen LogP contribution is 2.44. The maximum atomic E-state index is 14.0. The molecule has 1 unspecified atom stereocenters. The molecule has 0 bridgehead atoms. The van der Waals surface area contributed by atoms with Gasteiger partial charge in [0.25, 0.3) is 0 Å². The first-order valence-electron chi connectivity index (χ1n) is 7.18. The minimum Gasteiger partial charge on any atom is -0.386 e. The maximum absolute atomic E-state index is 14.0. The Hall–Kier alpha value is -1.00. The second-order valence-electron chi connectivity index (χ2n) is 6.23. The molecule has 1 aliphatic carbocycles. The van der Waals surface area contributed by atoms with Gasteiger partial charge in [-0.15, -0.1) is 0 Å². The maximum Gasteiger partial charge on any atom is 0.164 e. The number of likely N-dealkylation sites (N-methyl/N-ethyl adjacent to an activating group) is 1. The second kappa shape index (κ2) is 5.78. The van der Waals surface area contributed by atoms with Gasteiger partial charge in [-0.1, -0.05) is 19.1 Å². The van der Waals surface area contributed by atoms with Crippen LogP contribution in [0.25, 0.3) is 0 Å². The normalized spacial score (nSPS) is 28.6. The molecule has 1 saturated carbocycles. The van der Waals surface area contributed by atoms with Crippen LogP contribution in [0.5, 0.6) is 0 Å². The monoisotopic (exact) mass is 283 g/mol. The van der Waals surface area contributed by atoms with Crippen molar-refractivity contribution in [2.45, 2.75) is 44.2 Å². The highest BCUT2D eigenvalue weighted by Gasteiger charge is 2.44. The van der Waals surface area contributed by atoms with Gasteiger partial charge in [0.2, 0.25) is 0 Å². The number of hydrogen-bond acceptors (Lipinski definition) is 2. The van der Waals surface area contributed by atoms with Crippen molar-refractivity contribution in [2.24, 2.45) is 5.92 Å².